The number of aryl methyl sites for hydroxylation is 2. The normalized spacial score (nSPS) is 17.9. The minimum Gasteiger partial charge on any atom is -0.486 e. The zero-order chi connectivity index (χ0) is 29.8. The summed E-state index contributed by atoms with van der Waals surface area (Å²) < 4.78 is 11.7. The molecule has 4 rings (SSSR count). The van der Waals surface area contributed by atoms with Gasteiger partial charge in [-0.05, 0) is 57.6 Å². The second kappa shape index (κ2) is 13.1. The first-order chi connectivity index (χ1) is 19.5. The van der Waals surface area contributed by atoms with Gasteiger partial charge < -0.3 is 29.9 Å². The number of hydrogen-bond acceptors (Lipinski definition) is 7. The second-order valence-electron chi connectivity index (χ2n) is 10.5. The van der Waals surface area contributed by atoms with Gasteiger partial charge in [-0.25, -0.2) is 4.79 Å². The molecule has 0 fully saturated rings. The Balaban J connectivity index is 1.64. The molecule has 3 atom stereocenters. The molecule has 10 nitrogen and oxygen atoms in total. The molecule has 1 aliphatic heterocycles. The molecule has 2 aromatic carbocycles. The van der Waals surface area contributed by atoms with Gasteiger partial charge in [0.1, 0.15) is 17.5 Å². The lowest BCUT2D eigenvalue weighted by Gasteiger charge is -2.38. The highest BCUT2D eigenvalue weighted by Crippen LogP contribution is 2.35. The monoisotopic (exact) mass is 603 g/mol. The molecular formula is C29H35Cl2N5O5. The fourth-order valence-electron chi connectivity index (χ4n) is 4.81. The quantitative estimate of drug-likeness (QED) is 0.307. The fourth-order valence-corrected chi connectivity index (χ4v) is 5.13. The molecule has 0 radical (unpaired) electrons. The number of para-hydroxylation sites is 1. The van der Waals surface area contributed by atoms with Crippen LogP contribution in [0.25, 0.3) is 0 Å². The van der Waals surface area contributed by atoms with E-state index in [1.54, 1.807) is 49.9 Å². The summed E-state index contributed by atoms with van der Waals surface area (Å²) in [4.78, 5) is 30.5. The van der Waals surface area contributed by atoms with E-state index in [4.69, 9.17) is 32.5 Å². The van der Waals surface area contributed by atoms with Crippen LogP contribution >= 0.6 is 23.2 Å². The molecule has 220 valence electrons. The molecule has 3 N–H and O–H groups in total. The molecule has 1 aliphatic rings. The third-order valence-electron chi connectivity index (χ3n) is 7.14. The van der Waals surface area contributed by atoms with E-state index in [0.29, 0.717) is 58.1 Å². The van der Waals surface area contributed by atoms with E-state index in [-0.39, 0.29) is 30.3 Å². The zero-order valence-corrected chi connectivity index (χ0v) is 25.2. The van der Waals surface area contributed by atoms with Crippen molar-refractivity contribution in [2.45, 2.75) is 46.4 Å². The summed E-state index contributed by atoms with van der Waals surface area (Å²) in [5.74, 6) is 0.341. The van der Waals surface area contributed by atoms with Crippen molar-refractivity contribution in [2.24, 2.45) is 5.92 Å². The van der Waals surface area contributed by atoms with E-state index >= 15 is 0 Å². The summed E-state index contributed by atoms with van der Waals surface area (Å²) in [7, 11) is 1.97. The SMILES string of the molecule is Cc1noc(C)c1NC(=O)Nc1cccc2c1O[C@H](CN(C)Cc1ccc(Cl)c(Cl)c1)[C@H](C)CN([C@H](C)CO)C2=O. The zero-order valence-electron chi connectivity index (χ0n) is 23.7. The standard InChI is InChI=1S/C29H35Cl2N5O5/c1-16-12-36(17(2)15-37)28(38)21-7-6-8-24(32-29(39)33-26-18(3)34-41-19(26)4)27(21)40-25(16)14-35(5)13-20-9-10-22(30)23(31)11-20/h6-11,16-17,25,37H,12-15H2,1-5H3,(H2,32,33,39)/t16-,17-,25-/m1/s1. The number of benzene rings is 2. The lowest BCUT2D eigenvalue weighted by molar-refractivity contribution is 0.0343. The number of urea groups is 1. The summed E-state index contributed by atoms with van der Waals surface area (Å²) in [6.07, 6.45) is -0.364. The van der Waals surface area contributed by atoms with Crippen molar-refractivity contribution in [3.63, 3.8) is 0 Å². The Labute approximate surface area is 249 Å². The predicted octanol–water partition coefficient (Wildman–Crippen LogP) is 5.59. The van der Waals surface area contributed by atoms with Crippen molar-refractivity contribution in [1.82, 2.24) is 15.0 Å². The fraction of sp³-hybridized carbons (Fsp3) is 0.414. The number of likely N-dealkylation sites (N-methyl/N-ethyl adjacent to an activating group) is 1. The van der Waals surface area contributed by atoms with Crippen LogP contribution in [-0.2, 0) is 6.54 Å². The molecule has 0 aliphatic carbocycles. The van der Waals surface area contributed by atoms with Crippen molar-refractivity contribution >= 4 is 46.5 Å². The molecule has 2 heterocycles. The maximum absolute atomic E-state index is 13.7. The van der Waals surface area contributed by atoms with Gasteiger partial charge in [-0.1, -0.05) is 47.4 Å². The number of carbonyl (C=O) groups excluding carboxylic acids is 2. The minimum atomic E-state index is -0.534. The van der Waals surface area contributed by atoms with Crippen molar-refractivity contribution in [3.8, 4) is 5.75 Å². The number of fused-ring (bicyclic) bond motifs is 1. The van der Waals surface area contributed by atoms with Gasteiger partial charge in [-0.2, -0.15) is 0 Å². The number of hydrogen-bond donors (Lipinski definition) is 3. The molecule has 0 unspecified atom stereocenters. The Morgan fingerprint density at radius 3 is 2.63 bits per heavy atom. The van der Waals surface area contributed by atoms with E-state index < -0.39 is 12.1 Å². The first kappa shape index (κ1) is 30.6. The average Bonchev–Trinajstić information content (AvgIpc) is 3.24. The van der Waals surface area contributed by atoms with Crippen molar-refractivity contribution < 1.29 is 24.0 Å². The van der Waals surface area contributed by atoms with Gasteiger partial charge in [-0.3, -0.25) is 9.69 Å². The van der Waals surface area contributed by atoms with Crippen LogP contribution in [0.5, 0.6) is 5.75 Å². The van der Waals surface area contributed by atoms with Gasteiger partial charge in [0.2, 0.25) is 0 Å². The van der Waals surface area contributed by atoms with Gasteiger partial charge in [-0.15, -0.1) is 0 Å². The number of aliphatic hydroxyl groups is 1. The van der Waals surface area contributed by atoms with E-state index in [0.717, 1.165) is 5.56 Å². The number of ether oxygens (including phenoxy) is 1. The lowest BCUT2D eigenvalue weighted by Crippen LogP contribution is -2.49. The Bertz CT molecular complexity index is 1390. The molecule has 0 spiro atoms. The molecule has 41 heavy (non-hydrogen) atoms. The molecule has 1 aromatic heterocycles. The van der Waals surface area contributed by atoms with E-state index in [1.165, 1.54) is 0 Å². The van der Waals surface area contributed by atoms with E-state index in [2.05, 4.69) is 20.7 Å². The minimum absolute atomic E-state index is 0.110. The topological polar surface area (TPSA) is 120 Å². The number of anilines is 2. The number of aromatic nitrogens is 1. The summed E-state index contributed by atoms with van der Waals surface area (Å²) in [5.41, 5.74) is 2.63. The lowest BCUT2D eigenvalue weighted by atomic mass is 9.99. The number of nitrogens with zero attached hydrogens (tertiary/aromatic N) is 3. The van der Waals surface area contributed by atoms with Crippen LogP contribution in [-0.4, -0.2) is 70.9 Å². The van der Waals surface area contributed by atoms with Crippen molar-refractivity contribution in [3.05, 3.63) is 69.0 Å². The number of rotatable bonds is 8. The summed E-state index contributed by atoms with van der Waals surface area (Å²) in [6, 6.07) is 9.61. The van der Waals surface area contributed by atoms with Crippen LogP contribution in [0.3, 0.4) is 0 Å². The number of nitrogens with one attached hydrogen (secondary N) is 2. The molecule has 0 saturated carbocycles. The number of aliphatic hydroxyl groups excluding tert-OH is 1. The van der Waals surface area contributed by atoms with Crippen LogP contribution in [0.1, 0.15) is 41.2 Å². The van der Waals surface area contributed by atoms with Crippen LogP contribution in [0.15, 0.2) is 40.9 Å². The maximum atomic E-state index is 13.7. The van der Waals surface area contributed by atoms with E-state index in [9.17, 15) is 14.7 Å². The third-order valence-corrected chi connectivity index (χ3v) is 7.88. The third kappa shape index (κ3) is 7.13. The second-order valence-corrected chi connectivity index (χ2v) is 11.3. The average molecular weight is 605 g/mol. The van der Waals surface area contributed by atoms with Gasteiger partial charge in [0.25, 0.3) is 5.91 Å². The molecule has 12 heteroatoms. The smallest absolute Gasteiger partial charge is 0.323 e. The Morgan fingerprint density at radius 1 is 1.22 bits per heavy atom. The molecule has 0 bridgehead atoms. The predicted molar refractivity (Wildman–Crippen MR) is 159 cm³/mol. The Morgan fingerprint density at radius 2 is 1.98 bits per heavy atom. The highest BCUT2D eigenvalue weighted by Gasteiger charge is 2.34. The number of carbonyl (C=O) groups is 2. The molecular weight excluding hydrogens is 569 g/mol. The molecule has 0 saturated heterocycles. The molecule has 3 amide bonds. The Hall–Kier alpha value is -3.31. The van der Waals surface area contributed by atoms with Gasteiger partial charge >= 0.3 is 6.03 Å². The van der Waals surface area contributed by atoms with Crippen LogP contribution in [0, 0.1) is 19.8 Å². The highest BCUT2D eigenvalue weighted by atomic mass is 35.5. The summed E-state index contributed by atoms with van der Waals surface area (Å²) in [5, 5.41) is 20.4. The van der Waals surface area contributed by atoms with Gasteiger partial charge in [0.15, 0.2) is 11.5 Å². The first-order valence-corrected chi connectivity index (χ1v) is 14.1. The van der Waals surface area contributed by atoms with Gasteiger partial charge in [0.05, 0.1) is 33.9 Å². The summed E-state index contributed by atoms with van der Waals surface area (Å²) >= 11 is 12.3. The Kier molecular flexibility index (Phi) is 9.80. The number of amides is 3. The number of halogens is 2. The van der Waals surface area contributed by atoms with Gasteiger partial charge in [0, 0.05) is 25.6 Å². The largest absolute Gasteiger partial charge is 0.486 e. The molecule has 3 aromatic rings. The van der Waals surface area contributed by atoms with Crippen LogP contribution in [0.4, 0.5) is 16.2 Å². The van der Waals surface area contributed by atoms with Crippen LogP contribution in [0.2, 0.25) is 10.0 Å². The highest BCUT2D eigenvalue weighted by molar-refractivity contribution is 6.42. The van der Waals surface area contributed by atoms with Crippen molar-refractivity contribution in [1.29, 1.82) is 0 Å². The summed E-state index contributed by atoms with van der Waals surface area (Å²) in [6.45, 7) is 8.53. The first-order valence-electron chi connectivity index (χ1n) is 13.3. The van der Waals surface area contributed by atoms with Crippen molar-refractivity contribution in [2.75, 3.05) is 37.4 Å². The maximum Gasteiger partial charge on any atom is 0.323 e. The van der Waals surface area contributed by atoms with Crippen LogP contribution < -0.4 is 15.4 Å². The van der Waals surface area contributed by atoms with E-state index in [1.807, 2.05) is 26.1 Å².